The van der Waals surface area contributed by atoms with Crippen LogP contribution < -0.4 is 10.6 Å². The topological polar surface area (TPSA) is 88.9 Å². The van der Waals surface area contributed by atoms with E-state index in [1.54, 1.807) is 25.4 Å². The summed E-state index contributed by atoms with van der Waals surface area (Å²) in [5.74, 6) is -0.348. The Morgan fingerprint density at radius 1 is 1.18 bits per heavy atom. The van der Waals surface area contributed by atoms with Crippen LogP contribution in [0.25, 0.3) is 0 Å². The lowest BCUT2D eigenvalue weighted by molar-refractivity contribution is -0.137. The van der Waals surface area contributed by atoms with Gasteiger partial charge in [-0.15, -0.1) is 0 Å². The predicted octanol–water partition coefficient (Wildman–Crippen LogP) is 4.90. The maximum absolute atomic E-state index is 13.3. The van der Waals surface area contributed by atoms with Gasteiger partial charge in [-0.05, 0) is 43.2 Å². The molecule has 0 aliphatic heterocycles. The summed E-state index contributed by atoms with van der Waals surface area (Å²) in [5.41, 5.74) is -0.387. The molecular formula is C23H21ClF3N5O2. The van der Waals surface area contributed by atoms with Crippen molar-refractivity contribution < 1.29 is 22.8 Å². The number of alkyl halides is 3. The standard InChI is InChI=1S/C23H21ClF3N5O2/c1-32-13-14(10-30-32)20(33)9-22(6-7-22)21(34)29-11-16-3-4-17(12-28-16)31-19-5-2-15(24)8-18(19)23(25,26)27/h2-5,8,10,12-13,31H,6-7,9,11H2,1H3,(H,29,34). The fourth-order valence-electron chi connectivity index (χ4n) is 3.59. The van der Waals surface area contributed by atoms with Crippen LogP contribution in [-0.2, 0) is 24.6 Å². The molecule has 1 aliphatic rings. The van der Waals surface area contributed by atoms with Gasteiger partial charge in [0.05, 0.1) is 52.5 Å². The molecule has 178 valence electrons. The molecule has 0 unspecified atom stereocenters. The molecule has 1 fully saturated rings. The zero-order valence-corrected chi connectivity index (χ0v) is 18.9. The number of nitrogens with zero attached hydrogens (tertiary/aromatic N) is 3. The first-order valence-electron chi connectivity index (χ1n) is 10.4. The second-order valence-electron chi connectivity index (χ2n) is 8.32. The Bertz CT molecular complexity index is 1220. The SMILES string of the molecule is Cn1cc(C(=O)CC2(C(=O)NCc3ccc(Nc4ccc(Cl)cc4C(F)(F)F)cn3)CC2)cn1. The number of amides is 1. The van der Waals surface area contributed by atoms with Crippen LogP contribution in [0.3, 0.4) is 0 Å². The monoisotopic (exact) mass is 491 g/mol. The van der Waals surface area contributed by atoms with Crippen molar-refractivity contribution in [3.8, 4) is 0 Å². The summed E-state index contributed by atoms with van der Waals surface area (Å²) < 4.78 is 41.3. The van der Waals surface area contributed by atoms with Crippen LogP contribution in [0.2, 0.25) is 5.02 Å². The van der Waals surface area contributed by atoms with Gasteiger partial charge in [-0.3, -0.25) is 19.3 Å². The van der Waals surface area contributed by atoms with Crippen molar-refractivity contribution in [3.63, 3.8) is 0 Å². The third-order valence-corrected chi connectivity index (χ3v) is 5.92. The lowest BCUT2D eigenvalue weighted by Gasteiger charge is -2.16. The molecule has 0 spiro atoms. The highest BCUT2D eigenvalue weighted by atomic mass is 35.5. The van der Waals surface area contributed by atoms with Crippen molar-refractivity contribution in [2.75, 3.05) is 5.32 Å². The van der Waals surface area contributed by atoms with E-state index in [9.17, 15) is 22.8 Å². The number of pyridine rings is 1. The van der Waals surface area contributed by atoms with Crippen LogP contribution in [-0.4, -0.2) is 26.5 Å². The maximum Gasteiger partial charge on any atom is 0.418 e. The highest BCUT2D eigenvalue weighted by Gasteiger charge is 2.51. The van der Waals surface area contributed by atoms with Gasteiger partial charge in [0, 0.05) is 24.7 Å². The number of aryl methyl sites for hydroxylation is 1. The van der Waals surface area contributed by atoms with Gasteiger partial charge < -0.3 is 10.6 Å². The summed E-state index contributed by atoms with van der Waals surface area (Å²) in [6.07, 6.45) is 1.29. The van der Waals surface area contributed by atoms with Crippen LogP contribution in [0, 0.1) is 5.41 Å². The Labute approximate surface area is 198 Å². The van der Waals surface area contributed by atoms with E-state index in [-0.39, 0.29) is 35.4 Å². The van der Waals surface area contributed by atoms with Crippen molar-refractivity contribution >= 4 is 34.7 Å². The number of hydrogen-bond acceptors (Lipinski definition) is 5. The minimum atomic E-state index is -4.57. The summed E-state index contributed by atoms with van der Waals surface area (Å²) in [6, 6.07) is 6.65. The quantitative estimate of drug-likeness (QED) is 0.437. The third kappa shape index (κ3) is 5.39. The smallest absolute Gasteiger partial charge is 0.354 e. The maximum atomic E-state index is 13.3. The van der Waals surface area contributed by atoms with E-state index >= 15 is 0 Å². The van der Waals surface area contributed by atoms with Crippen LogP contribution >= 0.6 is 11.6 Å². The average Bonchev–Trinajstić information content (AvgIpc) is 3.44. The zero-order valence-electron chi connectivity index (χ0n) is 18.1. The fraction of sp³-hybridized carbons (Fsp3) is 0.304. The van der Waals surface area contributed by atoms with Gasteiger partial charge in [0.25, 0.3) is 0 Å². The summed E-state index contributed by atoms with van der Waals surface area (Å²) in [4.78, 5) is 29.4. The minimum Gasteiger partial charge on any atom is -0.354 e. The second kappa shape index (κ2) is 9.09. The Morgan fingerprint density at radius 2 is 1.94 bits per heavy atom. The summed E-state index contributed by atoms with van der Waals surface area (Å²) in [7, 11) is 1.72. The third-order valence-electron chi connectivity index (χ3n) is 5.68. The highest BCUT2D eigenvalue weighted by molar-refractivity contribution is 6.30. The summed E-state index contributed by atoms with van der Waals surface area (Å²) in [5, 5.41) is 9.48. The van der Waals surface area contributed by atoms with Crippen molar-refractivity contribution in [2.45, 2.75) is 32.0 Å². The molecule has 1 saturated carbocycles. The van der Waals surface area contributed by atoms with E-state index in [1.165, 1.54) is 29.2 Å². The Kier molecular flexibility index (Phi) is 6.35. The molecule has 1 aromatic carbocycles. The van der Waals surface area contributed by atoms with Gasteiger partial charge in [-0.2, -0.15) is 18.3 Å². The van der Waals surface area contributed by atoms with E-state index < -0.39 is 17.2 Å². The molecule has 34 heavy (non-hydrogen) atoms. The van der Waals surface area contributed by atoms with E-state index in [1.807, 2.05) is 0 Å². The molecule has 1 amide bonds. The van der Waals surface area contributed by atoms with Crippen molar-refractivity contribution in [3.05, 3.63) is 70.8 Å². The number of nitrogens with one attached hydrogen (secondary N) is 2. The number of ketones is 1. The van der Waals surface area contributed by atoms with Crippen LogP contribution in [0.4, 0.5) is 24.5 Å². The van der Waals surface area contributed by atoms with Gasteiger partial charge in [-0.25, -0.2) is 0 Å². The lowest BCUT2D eigenvalue weighted by atomic mass is 9.96. The van der Waals surface area contributed by atoms with E-state index in [0.717, 1.165) is 6.07 Å². The van der Waals surface area contributed by atoms with Crippen LogP contribution in [0.15, 0.2) is 48.9 Å². The molecule has 2 aromatic heterocycles. The first kappa shape index (κ1) is 23.7. The molecule has 2 N–H and O–H groups in total. The molecule has 0 saturated heterocycles. The van der Waals surface area contributed by atoms with Crippen molar-refractivity contribution in [2.24, 2.45) is 12.5 Å². The van der Waals surface area contributed by atoms with Gasteiger partial charge in [0.15, 0.2) is 5.78 Å². The molecule has 0 bridgehead atoms. The van der Waals surface area contributed by atoms with Gasteiger partial charge in [0.2, 0.25) is 5.91 Å². The number of rotatable bonds is 8. The largest absolute Gasteiger partial charge is 0.418 e. The molecular weight excluding hydrogens is 471 g/mol. The Balaban J connectivity index is 1.35. The van der Waals surface area contributed by atoms with E-state index in [4.69, 9.17) is 11.6 Å². The Hall–Kier alpha value is -3.40. The summed E-state index contributed by atoms with van der Waals surface area (Å²) in [6.45, 7) is 0.136. The van der Waals surface area contributed by atoms with Crippen LogP contribution in [0.1, 0.15) is 40.9 Å². The average molecular weight is 492 g/mol. The number of hydrogen-bond donors (Lipinski definition) is 2. The lowest BCUT2D eigenvalue weighted by Crippen LogP contribution is -2.33. The second-order valence-corrected chi connectivity index (χ2v) is 8.75. The van der Waals surface area contributed by atoms with E-state index in [0.29, 0.717) is 29.8 Å². The molecule has 2 heterocycles. The molecule has 1 aliphatic carbocycles. The zero-order chi connectivity index (χ0) is 24.5. The number of benzene rings is 1. The van der Waals surface area contributed by atoms with Gasteiger partial charge >= 0.3 is 6.18 Å². The minimum absolute atomic E-state index is 0.0161. The number of carbonyl (C=O) groups is 2. The fourth-order valence-corrected chi connectivity index (χ4v) is 3.76. The van der Waals surface area contributed by atoms with E-state index in [2.05, 4.69) is 20.7 Å². The molecule has 4 rings (SSSR count). The molecule has 0 atom stereocenters. The number of Topliss-reactive ketones (excluding diaryl/α,β-unsaturated/α-hetero) is 1. The number of halogens is 4. The molecule has 3 aromatic rings. The highest BCUT2D eigenvalue weighted by Crippen LogP contribution is 2.49. The number of aromatic nitrogens is 3. The molecule has 0 radical (unpaired) electrons. The number of carbonyl (C=O) groups excluding carboxylic acids is 2. The van der Waals surface area contributed by atoms with Gasteiger partial charge in [0.1, 0.15) is 0 Å². The van der Waals surface area contributed by atoms with Gasteiger partial charge in [-0.1, -0.05) is 11.6 Å². The molecule has 7 nitrogen and oxygen atoms in total. The van der Waals surface area contributed by atoms with Crippen molar-refractivity contribution in [1.82, 2.24) is 20.1 Å². The normalized spacial score (nSPS) is 14.5. The predicted molar refractivity (Wildman–Crippen MR) is 120 cm³/mol. The summed E-state index contributed by atoms with van der Waals surface area (Å²) >= 11 is 5.71. The van der Waals surface area contributed by atoms with Crippen LogP contribution in [0.5, 0.6) is 0 Å². The Morgan fingerprint density at radius 3 is 2.53 bits per heavy atom. The first-order valence-corrected chi connectivity index (χ1v) is 10.8. The van der Waals surface area contributed by atoms with Crippen molar-refractivity contribution in [1.29, 1.82) is 0 Å². The number of anilines is 2. The first-order chi connectivity index (χ1) is 16.1. The molecule has 11 heteroatoms.